The quantitative estimate of drug-likeness (QED) is 0.0481. The zero-order valence-electron chi connectivity index (χ0n) is 27.1. The van der Waals surface area contributed by atoms with Gasteiger partial charge in [0.2, 0.25) is 14.8 Å². The monoisotopic (exact) mass is 702 g/mol. The van der Waals surface area contributed by atoms with Crippen LogP contribution in [-0.4, -0.2) is 56.4 Å². The Hall–Kier alpha value is -5.27. The third-order valence-electron chi connectivity index (χ3n) is 7.57. The molecule has 13 heteroatoms. The Balaban J connectivity index is 1.61. The molecule has 0 bridgehead atoms. The summed E-state index contributed by atoms with van der Waals surface area (Å²) in [5.41, 5.74) is -1.32. The molecule has 0 spiro atoms. The summed E-state index contributed by atoms with van der Waals surface area (Å²) < 4.78 is 50.8. The largest absolute Gasteiger partial charge is 0.499 e. The van der Waals surface area contributed by atoms with Crippen LogP contribution in [0.4, 0.5) is 0 Å². The molecule has 0 saturated carbocycles. The lowest BCUT2D eigenvalue weighted by molar-refractivity contribution is -0.181. The number of hydrogen-bond donors (Lipinski definition) is 1. The number of benzene rings is 4. The lowest BCUT2D eigenvalue weighted by Crippen LogP contribution is -2.81. The SMILES string of the molecule is CO/C(C)=C(\C(=O)OC(c1ccccc1)c1ccccc1)N1C(=O)C(NC(C)=O)(Oc2ccccc2)C1SS(=O)(=O)c1ccc(OC)cc1. The van der Waals surface area contributed by atoms with Gasteiger partial charge in [-0.1, -0.05) is 78.9 Å². The lowest BCUT2D eigenvalue weighted by atomic mass is 9.99. The smallest absolute Gasteiger partial charge is 0.359 e. The third-order valence-corrected chi connectivity index (χ3v) is 11.3. The Labute approximate surface area is 288 Å². The molecule has 1 heterocycles. The molecule has 254 valence electrons. The van der Waals surface area contributed by atoms with Crippen LogP contribution in [0.15, 0.2) is 132 Å². The maximum absolute atomic E-state index is 14.4. The standard InChI is InChI=1S/C36H34N2O9S2/c1-24(44-3)31(33(40)46-32(26-14-8-5-9-15-26)27-16-10-6-11-17-27)38-34(41)36(37-25(2)39,47-29-18-12-7-13-19-29)35(38)48-49(42,43)30-22-20-28(45-4)21-23-30/h5-23,32,35H,1-4H3,(H,37,39)/b31-24+. The van der Waals surface area contributed by atoms with E-state index in [2.05, 4.69) is 5.32 Å². The summed E-state index contributed by atoms with van der Waals surface area (Å²) in [6.07, 6.45) is -0.902. The predicted molar refractivity (Wildman–Crippen MR) is 183 cm³/mol. The Bertz CT molecular complexity index is 1900. The van der Waals surface area contributed by atoms with Crippen molar-refractivity contribution in [2.24, 2.45) is 0 Å². The Morgan fingerprint density at radius 2 is 1.33 bits per heavy atom. The van der Waals surface area contributed by atoms with E-state index in [0.29, 0.717) is 27.7 Å². The molecule has 49 heavy (non-hydrogen) atoms. The molecule has 4 aromatic carbocycles. The summed E-state index contributed by atoms with van der Waals surface area (Å²) in [5.74, 6) is -2.02. The Morgan fingerprint density at radius 3 is 1.82 bits per heavy atom. The number of carbonyl (C=O) groups excluding carboxylic acids is 3. The molecular weight excluding hydrogens is 669 g/mol. The molecule has 1 N–H and O–H groups in total. The number of amides is 2. The van der Waals surface area contributed by atoms with Crippen LogP contribution in [0.3, 0.4) is 0 Å². The van der Waals surface area contributed by atoms with Crippen LogP contribution in [0.2, 0.25) is 0 Å². The average molecular weight is 703 g/mol. The molecule has 0 aliphatic carbocycles. The van der Waals surface area contributed by atoms with Crippen LogP contribution < -0.4 is 14.8 Å². The molecule has 1 saturated heterocycles. The van der Waals surface area contributed by atoms with E-state index < -0.39 is 43.9 Å². The highest BCUT2D eigenvalue weighted by molar-refractivity contribution is 8.72. The van der Waals surface area contributed by atoms with Gasteiger partial charge in [0.25, 0.3) is 11.6 Å². The van der Waals surface area contributed by atoms with Gasteiger partial charge in [-0.15, -0.1) is 0 Å². The minimum Gasteiger partial charge on any atom is -0.499 e. The first-order chi connectivity index (χ1) is 23.5. The second-order valence-electron chi connectivity index (χ2n) is 10.8. The highest BCUT2D eigenvalue weighted by Crippen LogP contribution is 2.47. The van der Waals surface area contributed by atoms with E-state index in [-0.39, 0.29) is 22.1 Å². The summed E-state index contributed by atoms with van der Waals surface area (Å²) >= 11 is 0. The molecule has 1 aliphatic heterocycles. The van der Waals surface area contributed by atoms with Crippen molar-refractivity contribution in [2.75, 3.05) is 14.2 Å². The van der Waals surface area contributed by atoms with Crippen molar-refractivity contribution < 1.29 is 41.7 Å². The number of allylic oxidation sites excluding steroid dienone is 1. The minimum atomic E-state index is -4.28. The van der Waals surface area contributed by atoms with E-state index in [1.165, 1.54) is 52.3 Å². The van der Waals surface area contributed by atoms with Crippen LogP contribution >= 0.6 is 10.8 Å². The van der Waals surface area contributed by atoms with Crippen LogP contribution in [-0.2, 0) is 32.7 Å². The molecule has 2 atom stereocenters. The molecule has 0 aromatic heterocycles. The molecule has 1 fully saturated rings. The second-order valence-corrected chi connectivity index (χ2v) is 14.7. The highest BCUT2D eigenvalue weighted by Gasteiger charge is 2.68. The first kappa shape index (κ1) is 35.0. The fourth-order valence-electron chi connectivity index (χ4n) is 5.18. The van der Waals surface area contributed by atoms with E-state index in [0.717, 1.165) is 4.90 Å². The van der Waals surface area contributed by atoms with Gasteiger partial charge in [-0.2, -0.15) is 0 Å². The molecule has 5 rings (SSSR count). The summed E-state index contributed by atoms with van der Waals surface area (Å²) in [6, 6.07) is 31.8. The number of likely N-dealkylation sites (tertiary alicyclic amines) is 1. The fraction of sp³-hybridized carbons (Fsp3) is 0.194. The summed E-state index contributed by atoms with van der Waals surface area (Å²) in [6.45, 7) is 2.61. The normalized spacial score (nSPS) is 17.8. The van der Waals surface area contributed by atoms with E-state index in [9.17, 15) is 22.8 Å². The van der Waals surface area contributed by atoms with Gasteiger partial charge in [0.15, 0.2) is 17.2 Å². The van der Waals surface area contributed by atoms with Crippen LogP contribution in [0, 0.1) is 0 Å². The van der Waals surface area contributed by atoms with Crippen molar-refractivity contribution in [3.63, 3.8) is 0 Å². The maximum Gasteiger partial charge on any atom is 0.359 e. The number of carbonyl (C=O) groups is 3. The van der Waals surface area contributed by atoms with Crippen molar-refractivity contribution in [2.45, 2.75) is 35.9 Å². The van der Waals surface area contributed by atoms with Gasteiger partial charge in [-0.25, -0.2) is 13.2 Å². The first-order valence-corrected chi connectivity index (χ1v) is 17.9. The molecule has 1 aliphatic rings. The van der Waals surface area contributed by atoms with Gasteiger partial charge in [0.05, 0.1) is 19.1 Å². The van der Waals surface area contributed by atoms with Crippen LogP contribution in [0.5, 0.6) is 11.5 Å². The van der Waals surface area contributed by atoms with Crippen molar-refractivity contribution in [1.82, 2.24) is 10.2 Å². The topological polar surface area (TPSA) is 138 Å². The fourth-order valence-corrected chi connectivity index (χ4v) is 8.68. The van der Waals surface area contributed by atoms with Gasteiger partial charge in [-0.3, -0.25) is 14.5 Å². The molecule has 2 unspecified atom stereocenters. The number of esters is 1. The molecule has 0 radical (unpaired) electrons. The molecule has 11 nitrogen and oxygen atoms in total. The second kappa shape index (κ2) is 14.9. The van der Waals surface area contributed by atoms with Crippen LogP contribution in [0.1, 0.15) is 31.1 Å². The predicted octanol–water partition coefficient (Wildman–Crippen LogP) is 5.41. The molecule has 2 amide bonds. The number of nitrogens with one attached hydrogen (secondary N) is 1. The van der Waals surface area contributed by atoms with Crippen molar-refractivity contribution in [1.29, 1.82) is 0 Å². The van der Waals surface area contributed by atoms with Crippen LogP contribution in [0.25, 0.3) is 0 Å². The summed E-state index contributed by atoms with van der Waals surface area (Å²) in [4.78, 5) is 42.1. The number of ether oxygens (including phenoxy) is 4. The van der Waals surface area contributed by atoms with E-state index >= 15 is 0 Å². The maximum atomic E-state index is 14.4. The van der Waals surface area contributed by atoms with Gasteiger partial charge in [0, 0.05) is 17.7 Å². The van der Waals surface area contributed by atoms with Gasteiger partial charge in [0.1, 0.15) is 17.3 Å². The van der Waals surface area contributed by atoms with E-state index in [4.69, 9.17) is 18.9 Å². The summed E-state index contributed by atoms with van der Waals surface area (Å²) in [7, 11) is -1.21. The zero-order chi connectivity index (χ0) is 35.2. The van der Waals surface area contributed by atoms with E-state index in [1.54, 1.807) is 78.9 Å². The van der Waals surface area contributed by atoms with Crippen molar-refractivity contribution >= 4 is 37.4 Å². The molecule has 4 aromatic rings. The number of para-hydroxylation sites is 1. The average Bonchev–Trinajstić information content (AvgIpc) is 3.12. The lowest BCUT2D eigenvalue weighted by Gasteiger charge is -2.53. The van der Waals surface area contributed by atoms with Gasteiger partial charge >= 0.3 is 5.97 Å². The number of nitrogens with zero attached hydrogens (tertiary/aromatic N) is 1. The van der Waals surface area contributed by atoms with E-state index in [1.807, 2.05) is 12.1 Å². The number of β-lactam (4-membered cyclic amide) rings is 1. The number of methoxy groups -OCH3 is 2. The first-order valence-electron chi connectivity index (χ1n) is 15.0. The van der Waals surface area contributed by atoms with Crippen molar-refractivity contribution in [3.8, 4) is 11.5 Å². The minimum absolute atomic E-state index is 0.0400. The highest BCUT2D eigenvalue weighted by atomic mass is 33.1. The number of hydrogen-bond acceptors (Lipinski definition) is 10. The third kappa shape index (κ3) is 7.42. The zero-order valence-corrected chi connectivity index (χ0v) is 28.7. The van der Waals surface area contributed by atoms with Gasteiger partial charge < -0.3 is 24.3 Å². The summed E-state index contributed by atoms with van der Waals surface area (Å²) in [5, 5.41) is 0.988. The van der Waals surface area contributed by atoms with Gasteiger partial charge in [-0.05, 0) is 54.4 Å². The molecular formula is C36H34N2O9S2. The Kier molecular flexibility index (Phi) is 10.6. The Morgan fingerprint density at radius 1 is 0.796 bits per heavy atom. The van der Waals surface area contributed by atoms with Crippen molar-refractivity contribution in [3.05, 3.63) is 138 Å². The number of rotatable bonds is 13.